The molecule has 312 valence electrons. The van der Waals surface area contributed by atoms with E-state index in [0.29, 0.717) is 60.7 Å². The van der Waals surface area contributed by atoms with Gasteiger partial charge < -0.3 is 43.6 Å². The smallest absolute Gasteiger partial charge is 0.416 e. The zero-order chi connectivity index (χ0) is 41.6. The van der Waals surface area contributed by atoms with Gasteiger partial charge in [-0.25, -0.2) is 14.7 Å². The van der Waals surface area contributed by atoms with Gasteiger partial charge in [-0.1, -0.05) is 24.8 Å². The number of nitrogens with one attached hydrogen (secondary N) is 2. The van der Waals surface area contributed by atoms with Crippen LogP contribution >= 0.6 is 0 Å². The quantitative estimate of drug-likeness (QED) is 0.106. The van der Waals surface area contributed by atoms with Crippen molar-refractivity contribution in [1.29, 1.82) is 0 Å². The van der Waals surface area contributed by atoms with Crippen molar-refractivity contribution in [2.75, 3.05) is 41.9 Å². The molecule has 3 aliphatic rings. The Labute approximate surface area is 344 Å². The highest BCUT2D eigenvalue weighted by Gasteiger charge is 2.46. The number of piperidine rings is 1. The van der Waals surface area contributed by atoms with Crippen molar-refractivity contribution in [1.82, 2.24) is 19.0 Å². The van der Waals surface area contributed by atoms with Gasteiger partial charge in [-0.2, -0.15) is 0 Å². The number of fused-ring (bicyclic) bond motifs is 2. The van der Waals surface area contributed by atoms with Gasteiger partial charge in [0.2, 0.25) is 11.7 Å². The molecule has 2 saturated heterocycles. The maximum absolute atomic E-state index is 14.2. The molecule has 0 bridgehead atoms. The second-order valence-corrected chi connectivity index (χ2v) is 15.3. The molecule has 7 rings (SSSR count). The normalized spacial score (nSPS) is 19.0. The first-order chi connectivity index (χ1) is 28.5. The number of carbonyl (C=O) groups is 4. The van der Waals surface area contributed by atoms with Crippen molar-refractivity contribution in [2.24, 2.45) is 14.1 Å². The minimum atomic E-state index is -0.853. The predicted octanol–water partition coefficient (Wildman–Crippen LogP) is 7.10. The maximum atomic E-state index is 14.2. The summed E-state index contributed by atoms with van der Waals surface area (Å²) in [6, 6.07) is 12.7. The number of benzene rings is 2. The first-order valence-corrected chi connectivity index (χ1v) is 20.3. The van der Waals surface area contributed by atoms with Gasteiger partial charge in [-0.05, 0) is 99.7 Å². The highest BCUT2D eigenvalue weighted by molar-refractivity contribution is 6.06. The van der Waals surface area contributed by atoms with E-state index in [0.717, 1.165) is 42.5 Å². The summed E-state index contributed by atoms with van der Waals surface area (Å²) >= 11 is 0. The fourth-order valence-electron chi connectivity index (χ4n) is 7.82. The van der Waals surface area contributed by atoms with Gasteiger partial charge in [-0.3, -0.25) is 14.4 Å². The molecule has 3 aliphatic heterocycles. The van der Waals surface area contributed by atoms with Crippen molar-refractivity contribution in [3.05, 3.63) is 90.2 Å². The summed E-state index contributed by atoms with van der Waals surface area (Å²) in [6.45, 7) is 8.83. The number of rotatable bonds is 13. The lowest BCUT2D eigenvalue weighted by atomic mass is 10.00. The monoisotopic (exact) mass is 807 g/mol. The van der Waals surface area contributed by atoms with E-state index in [2.05, 4.69) is 39.0 Å². The fourth-order valence-corrected chi connectivity index (χ4v) is 7.82. The SMILES string of the molecule is C=CCOC(=O)N1c2cc(OCCCC(=O)Nc3cn(C)c(C(=O)Nc4ccc(-c5cc(C)n(C)c5)cc4)n3)c(C)cc2C(=O)N2CCCC[C@H]2C1OC1CCCCO1. The molecule has 15 heteroatoms. The van der Waals surface area contributed by atoms with Gasteiger partial charge in [0.1, 0.15) is 12.4 Å². The summed E-state index contributed by atoms with van der Waals surface area (Å²) in [5.41, 5.74) is 5.28. The molecule has 4 amide bonds. The summed E-state index contributed by atoms with van der Waals surface area (Å²) in [5.74, 6) is -0.0496. The topological polar surface area (TPSA) is 158 Å². The van der Waals surface area contributed by atoms with Gasteiger partial charge >= 0.3 is 6.09 Å². The fraction of sp³-hybridized carbons (Fsp3) is 0.432. The predicted molar refractivity (Wildman–Crippen MR) is 222 cm³/mol. The van der Waals surface area contributed by atoms with Gasteiger partial charge in [0, 0.05) is 63.5 Å². The third-order valence-electron chi connectivity index (χ3n) is 11.0. The van der Waals surface area contributed by atoms with E-state index in [1.807, 2.05) is 50.1 Å². The van der Waals surface area contributed by atoms with E-state index in [1.54, 1.807) is 29.9 Å². The van der Waals surface area contributed by atoms with Crippen molar-refractivity contribution < 1.29 is 38.1 Å². The Bertz CT molecular complexity index is 2170. The lowest BCUT2D eigenvalue weighted by Gasteiger charge is -2.42. The standard InChI is InChI=1S/C44H53N7O8/c1-6-20-58-44(55)51-35-25-36(28(2)23-33(35)42(54)50-19-9-7-12-34(50)43(51)59-39-14-8-10-21-57-39)56-22-11-13-38(52)46-37-27-49(5)40(47-37)41(53)45-32-17-15-30(16-18-32)31-24-29(3)48(4)26-31/h6,15-18,23-27,34,39,43H,1,7-14,19-22H2,2-5H3,(H,45,53)(H,46,52)/t34-,39?,43?/m0/s1. The van der Waals surface area contributed by atoms with Crippen LogP contribution < -0.4 is 20.3 Å². The van der Waals surface area contributed by atoms with Crippen LogP contribution in [0, 0.1) is 13.8 Å². The molecule has 15 nitrogen and oxygen atoms in total. The van der Waals surface area contributed by atoms with Gasteiger partial charge in [0.15, 0.2) is 18.3 Å². The van der Waals surface area contributed by atoms with E-state index in [9.17, 15) is 19.2 Å². The first-order valence-electron chi connectivity index (χ1n) is 20.3. The number of anilines is 3. The molecule has 0 saturated carbocycles. The van der Waals surface area contributed by atoms with E-state index in [1.165, 1.54) is 11.0 Å². The minimum Gasteiger partial charge on any atom is -0.493 e. The lowest BCUT2D eigenvalue weighted by molar-refractivity contribution is -0.198. The number of imidazole rings is 1. The number of hydrogen-bond acceptors (Lipinski definition) is 9. The lowest BCUT2D eigenvalue weighted by Crippen LogP contribution is -2.57. The van der Waals surface area contributed by atoms with Crippen LogP contribution in [0.2, 0.25) is 0 Å². The third-order valence-corrected chi connectivity index (χ3v) is 11.0. The summed E-state index contributed by atoms with van der Waals surface area (Å²) in [6.07, 6.45) is 8.48. The Hall–Kier alpha value is -5.93. The number of aromatic nitrogens is 3. The molecule has 0 spiro atoms. The zero-order valence-electron chi connectivity index (χ0n) is 34.2. The van der Waals surface area contributed by atoms with E-state index in [4.69, 9.17) is 18.9 Å². The van der Waals surface area contributed by atoms with Gasteiger partial charge in [-0.15, -0.1) is 0 Å². The van der Waals surface area contributed by atoms with Gasteiger partial charge in [0.05, 0.1) is 23.9 Å². The van der Waals surface area contributed by atoms with Crippen LogP contribution in [0.15, 0.2) is 67.5 Å². The number of carbonyl (C=O) groups excluding carboxylic acids is 4. The van der Waals surface area contributed by atoms with Crippen molar-refractivity contribution >= 4 is 41.0 Å². The second kappa shape index (κ2) is 18.3. The van der Waals surface area contributed by atoms with Crippen molar-refractivity contribution in [2.45, 2.75) is 83.8 Å². The first kappa shape index (κ1) is 41.2. The number of aryl methyl sites for hydroxylation is 4. The van der Waals surface area contributed by atoms with Crippen LogP contribution in [-0.2, 0) is 33.1 Å². The molecule has 4 aromatic rings. The van der Waals surface area contributed by atoms with E-state index >= 15 is 0 Å². The minimum absolute atomic E-state index is 0.0202. The Balaban J connectivity index is 0.991. The number of amides is 4. The zero-order valence-corrected chi connectivity index (χ0v) is 34.2. The maximum Gasteiger partial charge on any atom is 0.416 e. The highest BCUT2D eigenvalue weighted by atomic mass is 16.7. The Morgan fingerprint density at radius 3 is 2.49 bits per heavy atom. The molecule has 2 unspecified atom stereocenters. The Kier molecular flexibility index (Phi) is 12.8. The van der Waals surface area contributed by atoms with E-state index in [-0.39, 0.29) is 43.1 Å². The third kappa shape index (κ3) is 9.36. The Morgan fingerprint density at radius 1 is 0.966 bits per heavy atom. The molecule has 0 radical (unpaired) electrons. The average molecular weight is 808 g/mol. The number of nitrogens with zero attached hydrogens (tertiary/aromatic N) is 5. The van der Waals surface area contributed by atoms with Crippen LogP contribution in [0.4, 0.5) is 22.0 Å². The largest absolute Gasteiger partial charge is 0.493 e. The highest BCUT2D eigenvalue weighted by Crippen LogP contribution is 2.40. The average Bonchev–Trinajstić information content (AvgIpc) is 3.75. The summed E-state index contributed by atoms with van der Waals surface area (Å²) in [7, 11) is 3.69. The molecule has 2 aromatic carbocycles. The number of hydrogen-bond donors (Lipinski definition) is 2. The number of ether oxygens (including phenoxy) is 4. The molecule has 5 heterocycles. The van der Waals surface area contributed by atoms with Crippen LogP contribution in [0.1, 0.15) is 83.6 Å². The van der Waals surface area contributed by atoms with Crippen LogP contribution in [0.5, 0.6) is 5.75 Å². The molecule has 0 aliphatic carbocycles. The molecule has 2 fully saturated rings. The molecule has 59 heavy (non-hydrogen) atoms. The molecule has 2 aromatic heterocycles. The molecule has 2 N–H and O–H groups in total. The molecular formula is C44H53N7O8. The van der Waals surface area contributed by atoms with E-state index < -0.39 is 30.6 Å². The van der Waals surface area contributed by atoms with Gasteiger partial charge in [0.25, 0.3) is 11.8 Å². The summed E-state index contributed by atoms with van der Waals surface area (Å²) < 4.78 is 27.9. The molecule has 3 atom stereocenters. The molecular weight excluding hydrogens is 755 g/mol. The summed E-state index contributed by atoms with van der Waals surface area (Å²) in [4.78, 5) is 61.8. The second-order valence-electron chi connectivity index (χ2n) is 15.3. The van der Waals surface area contributed by atoms with Crippen molar-refractivity contribution in [3.63, 3.8) is 0 Å². The van der Waals surface area contributed by atoms with Crippen LogP contribution in [-0.4, -0.2) is 87.8 Å². The van der Waals surface area contributed by atoms with Crippen LogP contribution in [0.25, 0.3) is 11.1 Å². The summed E-state index contributed by atoms with van der Waals surface area (Å²) in [5, 5.41) is 5.65. The van der Waals surface area contributed by atoms with Crippen molar-refractivity contribution in [3.8, 4) is 16.9 Å². The van der Waals surface area contributed by atoms with Crippen LogP contribution in [0.3, 0.4) is 0 Å². The Morgan fingerprint density at radius 2 is 1.76 bits per heavy atom.